The normalized spacial score (nSPS) is 24.0. The lowest BCUT2D eigenvalue weighted by Crippen LogP contribution is -2.53. The number of aryl methyl sites for hydroxylation is 2. The Hall–Kier alpha value is -0.910. The van der Waals surface area contributed by atoms with Gasteiger partial charge in [0.2, 0.25) is 0 Å². The van der Waals surface area contributed by atoms with E-state index in [1.54, 1.807) is 0 Å². The second kappa shape index (κ2) is 6.46. The summed E-state index contributed by atoms with van der Waals surface area (Å²) in [6.45, 7) is 10.8. The van der Waals surface area contributed by atoms with Crippen molar-refractivity contribution < 1.29 is 5.11 Å². The number of aliphatic hydroxyl groups is 1. The average Bonchev–Trinajstić information content (AvgIpc) is 2.64. The van der Waals surface area contributed by atoms with Crippen LogP contribution in [0.25, 0.3) is 0 Å². The lowest BCUT2D eigenvalue weighted by atomic mass is 9.92. The van der Waals surface area contributed by atoms with Gasteiger partial charge in [-0.05, 0) is 46.8 Å². The number of β-amino-alcohol motifs (C(OH)–C–C–N with tert-alkyl or cyclic N) is 1. The van der Waals surface area contributed by atoms with Crippen molar-refractivity contribution in [3.63, 3.8) is 0 Å². The Morgan fingerprint density at radius 2 is 2.10 bits per heavy atom. The molecule has 2 heterocycles. The number of piperidine rings is 1. The van der Waals surface area contributed by atoms with E-state index in [-0.39, 0.29) is 0 Å². The van der Waals surface area contributed by atoms with E-state index in [1.165, 1.54) is 11.3 Å². The quantitative estimate of drug-likeness (QED) is 0.889. The van der Waals surface area contributed by atoms with Gasteiger partial charge in [0.05, 0.1) is 11.3 Å². The molecule has 1 aromatic rings. The van der Waals surface area contributed by atoms with Gasteiger partial charge in [-0.25, -0.2) is 0 Å². The largest absolute Gasteiger partial charge is 0.387 e. The fourth-order valence-corrected chi connectivity index (χ4v) is 3.48. The first-order valence-electron chi connectivity index (χ1n) is 7.97. The molecule has 0 aromatic carbocycles. The Bertz CT molecular complexity index is 485. The van der Waals surface area contributed by atoms with E-state index in [0.717, 1.165) is 51.3 Å². The Morgan fingerprint density at radius 3 is 2.67 bits per heavy atom. The summed E-state index contributed by atoms with van der Waals surface area (Å²) in [6.07, 6.45) is 1.99. The fraction of sp³-hybridized carbons (Fsp3) is 0.812. The predicted molar refractivity (Wildman–Crippen MR) is 85.3 cm³/mol. The van der Waals surface area contributed by atoms with E-state index >= 15 is 0 Å². The smallest absolute Gasteiger partial charge is 0.0900 e. The molecule has 1 fully saturated rings. The van der Waals surface area contributed by atoms with Crippen LogP contribution in [0.4, 0.5) is 0 Å². The van der Waals surface area contributed by atoms with Gasteiger partial charge in [0.25, 0.3) is 0 Å². The van der Waals surface area contributed by atoms with Gasteiger partial charge in [0, 0.05) is 37.9 Å². The molecule has 5 nitrogen and oxygen atoms in total. The summed E-state index contributed by atoms with van der Waals surface area (Å²) < 4.78 is 1.94. The first-order chi connectivity index (χ1) is 9.84. The van der Waals surface area contributed by atoms with Crippen LogP contribution in [-0.2, 0) is 13.6 Å². The summed E-state index contributed by atoms with van der Waals surface area (Å²) in [5, 5.41) is 15.3. The van der Waals surface area contributed by atoms with Crippen molar-refractivity contribution in [1.82, 2.24) is 19.6 Å². The second-order valence-electron chi connectivity index (χ2n) is 6.64. The van der Waals surface area contributed by atoms with Gasteiger partial charge < -0.3 is 10.0 Å². The van der Waals surface area contributed by atoms with E-state index < -0.39 is 5.60 Å². The first-order valence-corrected chi connectivity index (χ1v) is 7.97. The molecule has 1 saturated heterocycles. The number of hydrogen-bond donors (Lipinski definition) is 1. The summed E-state index contributed by atoms with van der Waals surface area (Å²) in [4.78, 5) is 4.58. The first kappa shape index (κ1) is 16.5. The van der Waals surface area contributed by atoms with E-state index in [4.69, 9.17) is 0 Å². The molecule has 5 heteroatoms. The second-order valence-corrected chi connectivity index (χ2v) is 6.64. The molecule has 1 aromatic heterocycles. The highest BCUT2D eigenvalue weighted by atomic mass is 16.3. The minimum Gasteiger partial charge on any atom is -0.387 e. The lowest BCUT2D eigenvalue weighted by molar-refractivity contribution is -0.0492. The van der Waals surface area contributed by atoms with Gasteiger partial charge >= 0.3 is 0 Å². The van der Waals surface area contributed by atoms with Gasteiger partial charge in [-0.3, -0.25) is 9.58 Å². The highest BCUT2D eigenvalue weighted by Gasteiger charge is 2.33. The zero-order valence-corrected chi connectivity index (χ0v) is 14.2. The molecule has 0 aliphatic carbocycles. The Kier molecular flexibility index (Phi) is 5.07. The summed E-state index contributed by atoms with van der Waals surface area (Å²) >= 11 is 0. The van der Waals surface area contributed by atoms with E-state index in [0.29, 0.717) is 0 Å². The van der Waals surface area contributed by atoms with Crippen LogP contribution in [0, 0.1) is 13.8 Å². The number of aromatic nitrogens is 2. The van der Waals surface area contributed by atoms with Crippen LogP contribution in [0.15, 0.2) is 0 Å². The minimum absolute atomic E-state index is 0.576. The minimum atomic E-state index is -0.576. The SMILES string of the molecule is CCN1CCCC(O)(CN(C)Cc2c(C)nn(C)c2C)C1. The van der Waals surface area contributed by atoms with Crippen LogP contribution < -0.4 is 0 Å². The van der Waals surface area contributed by atoms with Crippen molar-refractivity contribution in [2.45, 2.75) is 45.8 Å². The Morgan fingerprint density at radius 1 is 1.38 bits per heavy atom. The molecule has 0 bridgehead atoms. The number of likely N-dealkylation sites (N-methyl/N-ethyl adjacent to an activating group) is 2. The summed E-state index contributed by atoms with van der Waals surface area (Å²) in [7, 11) is 4.08. The van der Waals surface area contributed by atoms with Crippen LogP contribution in [0.1, 0.15) is 36.7 Å². The van der Waals surface area contributed by atoms with Crippen LogP contribution in [0.3, 0.4) is 0 Å². The zero-order chi connectivity index (χ0) is 15.6. The van der Waals surface area contributed by atoms with E-state index in [1.807, 2.05) is 11.7 Å². The number of rotatable bonds is 5. The maximum absolute atomic E-state index is 10.9. The third kappa shape index (κ3) is 3.84. The van der Waals surface area contributed by atoms with Gasteiger partial charge in [0.1, 0.15) is 0 Å². The van der Waals surface area contributed by atoms with Crippen molar-refractivity contribution in [3.05, 3.63) is 17.0 Å². The summed E-state index contributed by atoms with van der Waals surface area (Å²) in [5.74, 6) is 0. The molecule has 1 aliphatic rings. The molecule has 0 amide bonds. The van der Waals surface area contributed by atoms with E-state index in [9.17, 15) is 5.11 Å². The maximum atomic E-state index is 10.9. The third-order valence-electron chi connectivity index (χ3n) is 4.73. The van der Waals surface area contributed by atoms with Crippen LogP contribution >= 0.6 is 0 Å². The zero-order valence-electron chi connectivity index (χ0n) is 14.2. The van der Waals surface area contributed by atoms with Crippen molar-refractivity contribution in [2.75, 3.05) is 33.2 Å². The van der Waals surface area contributed by atoms with Gasteiger partial charge in [-0.15, -0.1) is 0 Å². The van der Waals surface area contributed by atoms with Crippen LogP contribution in [-0.4, -0.2) is 63.5 Å². The molecule has 2 rings (SSSR count). The standard InChI is InChI=1S/C16H30N4O/c1-6-20-9-7-8-16(21,12-20)11-18(4)10-15-13(2)17-19(5)14(15)3/h21H,6-12H2,1-5H3. The highest BCUT2D eigenvalue weighted by Crippen LogP contribution is 2.23. The average molecular weight is 294 g/mol. The highest BCUT2D eigenvalue weighted by molar-refractivity contribution is 5.24. The van der Waals surface area contributed by atoms with Crippen molar-refractivity contribution in [2.24, 2.45) is 7.05 Å². The van der Waals surface area contributed by atoms with Gasteiger partial charge in [0.15, 0.2) is 0 Å². The number of nitrogens with zero attached hydrogens (tertiary/aromatic N) is 4. The molecule has 1 atom stereocenters. The molecule has 1 unspecified atom stereocenters. The number of hydrogen-bond acceptors (Lipinski definition) is 4. The molecular formula is C16H30N4O. The number of likely N-dealkylation sites (tertiary alicyclic amines) is 1. The summed E-state index contributed by atoms with van der Waals surface area (Å²) in [5.41, 5.74) is 3.01. The fourth-order valence-electron chi connectivity index (χ4n) is 3.48. The van der Waals surface area contributed by atoms with Gasteiger partial charge in [-0.2, -0.15) is 5.10 Å². The monoisotopic (exact) mass is 294 g/mol. The molecular weight excluding hydrogens is 264 g/mol. The molecule has 120 valence electrons. The molecule has 21 heavy (non-hydrogen) atoms. The van der Waals surface area contributed by atoms with Crippen molar-refractivity contribution in [3.8, 4) is 0 Å². The van der Waals surface area contributed by atoms with Crippen molar-refractivity contribution in [1.29, 1.82) is 0 Å². The molecule has 1 N–H and O–H groups in total. The molecule has 0 saturated carbocycles. The third-order valence-corrected chi connectivity index (χ3v) is 4.73. The van der Waals surface area contributed by atoms with Crippen LogP contribution in [0.5, 0.6) is 0 Å². The lowest BCUT2D eigenvalue weighted by Gasteiger charge is -2.40. The molecule has 0 spiro atoms. The Labute approximate surface area is 128 Å². The Balaban J connectivity index is 1.99. The maximum Gasteiger partial charge on any atom is 0.0900 e. The topological polar surface area (TPSA) is 44.5 Å². The van der Waals surface area contributed by atoms with Crippen molar-refractivity contribution >= 4 is 0 Å². The molecule has 1 aliphatic heterocycles. The predicted octanol–water partition coefficient (Wildman–Crippen LogP) is 1.32. The summed E-state index contributed by atoms with van der Waals surface area (Å²) in [6, 6.07) is 0. The van der Waals surface area contributed by atoms with Crippen LogP contribution in [0.2, 0.25) is 0 Å². The molecule has 0 radical (unpaired) electrons. The van der Waals surface area contributed by atoms with Gasteiger partial charge in [-0.1, -0.05) is 6.92 Å². The van der Waals surface area contributed by atoms with E-state index in [2.05, 4.69) is 42.7 Å².